The Kier molecular flexibility index (Phi) is 4.10. The van der Waals surface area contributed by atoms with E-state index in [9.17, 15) is 8.42 Å². The minimum absolute atomic E-state index is 0.0475. The summed E-state index contributed by atoms with van der Waals surface area (Å²) in [6.07, 6.45) is 2.54. The summed E-state index contributed by atoms with van der Waals surface area (Å²) in [5.74, 6) is 1.41. The van der Waals surface area contributed by atoms with Crippen molar-refractivity contribution in [2.24, 2.45) is 0 Å². The summed E-state index contributed by atoms with van der Waals surface area (Å²) in [6, 6.07) is 2.14. The molecule has 6 heteroatoms. The minimum atomic E-state index is -2.86. The van der Waals surface area contributed by atoms with Crippen molar-refractivity contribution in [2.75, 3.05) is 30.5 Å². The Hall–Kier alpha value is -1.14. The van der Waals surface area contributed by atoms with Gasteiger partial charge in [0, 0.05) is 25.8 Å². The molecule has 5 nitrogen and oxygen atoms in total. The molecule has 1 aromatic heterocycles. The van der Waals surface area contributed by atoms with Crippen molar-refractivity contribution in [3.63, 3.8) is 0 Å². The monoisotopic (exact) mass is 283 g/mol. The van der Waals surface area contributed by atoms with Gasteiger partial charge in [0.1, 0.15) is 5.82 Å². The second-order valence-electron chi connectivity index (χ2n) is 5.18. The summed E-state index contributed by atoms with van der Waals surface area (Å²) in [4.78, 5) is 6.48. The van der Waals surface area contributed by atoms with E-state index in [4.69, 9.17) is 0 Å². The molecule has 1 fully saturated rings. The zero-order valence-electron chi connectivity index (χ0n) is 11.7. The smallest absolute Gasteiger partial charge is 0.152 e. The first-order valence-corrected chi connectivity index (χ1v) is 8.28. The summed E-state index contributed by atoms with van der Waals surface area (Å²) >= 11 is 0. The van der Waals surface area contributed by atoms with Crippen molar-refractivity contribution in [2.45, 2.75) is 25.9 Å². The molecule has 0 spiro atoms. The molecule has 106 valence electrons. The van der Waals surface area contributed by atoms with E-state index in [2.05, 4.69) is 16.4 Å². The standard InChI is InChI=1S/C13H21N3O2S/c1-10-6-11(7-14-2)8-15-13(10)16(3)12-4-5-19(17,18)9-12/h6,8,12,14H,4-5,7,9H2,1-3H3. The number of sulfone groups is 1. The third-order valence-electron chi connectivity index (χ3n) is 3.58. The van der Waals surface area contributed by atoms with Crippen LogP contribution in [0.2, 0.25) is 0 Å². The number of pyridine rings is 1. The Morgan fingerprint density at radius 2 is 2.26 bits per heavy atom. The Morgan fingerprint density at radius 3 is 2.79 bits per heavy atom. The molecule has 1 aromatic rings. The lowest BCUT2D eigenvalue weighted by Crippen LogP contribution is -2.33. The minimum Gasteiger partial charge on any atom is -0.355 e. The Labute approximate surface area is 114 Å². The lowest BCUT2D eigenvalue weighted by molar-refractivity contribution is 0.600. The molecule has 0 bridgehead atoms. The number of hydrogen-bond donors (Lipinski definition) is 1. The van der Waals surface area contributed by atoms with E-state index >= 15 is 0 Å². The van der Waals surface area contributed by atoms with E-state index in [0.29, 0.717) is 12.2 Å². The Morgan fingerprint density at radius 1 is 1.53 bits per heavy atom. The fourth-order valence-electron chi connectivity index (χ4n) is 2.55. The zero-order valence-corrected chi connectivity index (χ0v) is 12.5. The van der Waals surface area contributed by atoms with Gasteiger partial charge in [-0.3, -0.25) is 0 Å². The van der Waals surface area contributed by atoms with Crippen molar-refractivity contribution in [3.05, 3.63) is 23.4 Å². The maximum Gasteiger partial charge on any atom is 0.152 e. The summed E-state index contributed by atoms with van der Waals surface area (Å²) in [5, 5.41) is 3.09. The first-order chi connectivity index (χ1) is 8.93. The van der Waals surface area contributed by atoms with Crippen LogP contribution in [0.25, 0.3) is 0 Å². The molecule has 0 amide bonds. The molecule has 2 rings (SSSR count). The van der Waals surface area contributed by atoms with Crippen LogP contribution >= 0.6 is 0 Å². The SMILES string of the molecule is CNCc1cnc(N(C)C2CCS(=O)(=O)C2)c(C)c1. The number of aromatic nitrogens is 1. The zero-order chi connectivity index (χ0) is 14.0. The highest BCUT2D eigenvalue weighted by atomic mass is 32.2. The summed E-state index contributed by atoms with van der Waals surface area (Å²) in [7, 11) is 0.973. The van der Waals surface area contributed by atoms with Crippen LogP contribution < -0.4 is 10.2 Å². The second-order valence-corrected chi connectivity index (χ2v) is 7.41. The average Bonchev–Trinajstić information content (AvgIpc) is 2.70. The van der Waals surface area contributed by atoms with Gasteiger partial charge in [0.2, 0.25) is 0 Å². The molecule has 1 aliphatic heterocycles. The van der Waals surface area contributed by atoms with Gasteiger partial charge in [0.25, 0.3) is 0 Å². The summed E-state index contributed by atoms with van der Waals surface area (Å²) in [5.41, 5.74) is 2.22. The molecule has 0 aromatic carbocycles. The van der Waals surface area contributed by atoms with Gasteiger partial charge in [-0.15, -0.1) is 0 Å². The number of anilines is 1. The number of nitrogens with zero attached hydrogens (tertiary/aromatic N) is 2. The van der Waals surface area contributed by atoms with Crippen LogP contribution in [-0.2, 0) is 16.4 Å². The number of hydrogen-bond acceptors (Lipinski definition) is 5. The van der Waals surface area contributed by atoms with E-state index in [1.54, 1.807) is 0 Å². The van der Waals surface area contributed by atoms with E-state index in [1.807, 2.05) is 32.1 Å². The average molecular weight is 283 g/mol. The maximum absolute atomic E-state index is 11.5. The predicted octanol–water partition coefficient (Wildman–Crippen LogP) is 0.733. The third kappa shape index (κ3) is 3.25. The molecular formula is C13H21N3O2S. The highest BCUT2D eigenvalue weighted by Crippen LogP contribution is 2.24. The van der Waals surface area contributed by atoms with Gasteiger partial charge < -0.3 is 10.2 Å². The largest absolute Gasteiger partial charge is 0.355 e. The van der Waals surface area contributed by atoms with Gasteiger partial charge in [0.15, 0.2) is 9.84 Å². The molecule has 1 aliphatic rings. The lowest BCUT2D eigenvalue weighted by atomic mass is 10.1. The van der Waals surface area contributed by atoms with Gasteiger partial charge in [-0.25, -0.2) is 13.4 Å². The summed E-state index contributed by atoms with van der Waals surface area (Å²) in [6.45, 7) is 2.80. The normalized spacial score (nSPS) is 21.5. The summed E-state index contributed by atoms with van der Waals surface area (Å²) < 4.78 is 23.1. The first-order valence-electron chi connectivity index (χ1n) is 6.46. The van der Waals surface area contributed by atoms with Gasteiger partial charge in [0.05, 0.1) is 11.5 Å². The Bertz CT molecular complexity index is 557. The highest BCUT2D eigenvalue weighted by Gasteiger charge is 2.31. The molecule has 1 saturated heterocycles. The van der Waals surface area contributed by atoms with E-state index in [-0.39, 0.29) is 11.8 Å². The Balaban J connectivity index is 2.18. The van der Waals surface area contributed by atoms with Gasteiger partial charge in [-0.1, -0.05) is 0 Å². The van der Waals surface area contributed by atoms with Crippen molar-refractivity contribution < 1.29 is 8.42 Å². The molecule has 0 aliphatic carbocycles. The van der Waals surface area contributed by atoms with E-state index in [1.165, 1.54) is 0 Å². The van der Waals surface area contributed by atoms with Crippen LogP contribution in [0, 0.1) is 6.92 Å². The van der Waals surface area contributed by atoms with Crippen LogP contribution in [0.3, 0.4) is 0 Å². The van der Waals surface area contributed by atoms with Gasteiger partial charge >= 0.3 is 0 Å². The molecule has 19 heavy (non-hydrogen) atoms. The predicted molar refractivity (Wildman–Crippen MR) is 77.2 cm³/mol. The third-order valence-corrected chi connectivity index (χ3v) is 5.33. The molecule has 1 atom stereocenters. The fraction of sp³-hybridized carbons (Fsp3) is 0.615. The van der Waals surface area contributed by atoms with E-state index < -0.39 is 9.84 Å². The van der Waals surface area contributed by atoms with Crippen LogP contribution in [-0.4, -0.2) is 45.0 Å². The highest BCUT2D eigenvalue weighted by molar-refractivity contribution is 7.91. The van der Waals surface area contributed by atoms with Gasteiger partial charge in [-0.2, -0.15) is 0 Å². The van der Waals surface area contributed by atoms with Crippen LogP contribution in [0.1, 0.15) is 17.5 Å². The topological polar surface area (TPSA) is 62.3 Å². The van der Waals surface area contributed by atoms with Crippen molar-refractivity contribution >= 4 is 15.7 Å². The van der Waals surface area contributed by atoms with Crippen LogP contribution in [0.4, 0.5) is 5.82 Å². The number of aryl methyl sites for hydroxylation is 1. The fourth-order valence-corrected chi connectivity index (χ4v) is 4.32. The van der Waals surface area contributed by atoms with Crippen LogP contribution in [0.5, 0.6) is 0 Å². The van der Waals surface area contributed by atoms with Crippen molar-refractivity contribution in [3.8, 4) is 0 Å². The van der Waals surface area contributed by atoms with Crippen molar-refractivity contribution in [1.82, 2.24) is 10.3 Å². The molecule has 0 saturated carbocycles. The number of rotatable bonds is 4. The second kappa shape index (κ2) is 5.46. The first kappa shape index (κ1) is 14.3. The van der Waals surface area contributed by atoms with Gasteiger partial charge in [-0.05, 0) is 37.6 Å². The van der Waals surface area contributed by atoms with Crippen molar-refractivity contribution in [1.29, 1.82) is 0 Å². The number of nitrogens with one attached hydrogen (secondary N) is 1. The molecule has 2 heterocycles. The molecule has 1 unspecified atom stereocenters. The quantitative estimate of drug-likeness (QED) is 0.883. The lowest BCUT2D eigenvalue weighted by Gasteiger charge is -2.26. The van der Waals surface area contributed by atoms with Crippen LogP contribution in [0.15, 0.2) is 12.3 Å². The molecule has 0 radical (unpaired) electrons. The molecule has 1 N–H and O–H groups in total. The van der Waals surface area contributed by atoms with E-state index in [0.717, 1.165) is 23.5 Å². The maximum atomic E-state index is 11.5. The molecular weight excluding hydrogens is 262 g/mol.